The number of hydrogen-bond acceptors (Lipinski definition) is 4. The average molecular weight is 423 g/mol. The first-order valence-electron chi connectivity index (χ1n) is 9.25. The van der Waals surface area contributed by atoms with Crippen LogP contribution in [0.3, 0.4) is 0 Å². The van der Waals surface area contributed by atoms with Crippen LogP contribution in [0.5, 0.6) is 5.75 Å². The Bertz CT molecular complexity index is 1290. The zero-order valence-electron chi connectivity index (χ0n) is 16.4. The molecule has 4 rings (SSSR count). The lowest BCUT2D eigenvalue weighted by Gasteiger charge is -2.12. The number of nitrogens with one attached hydrogen (secondary N) is 1. The number of carbonyl (C=O) groups is 1. The minimum atomic E-state index is -0.226. The van der Waals surface area contributed by atoms with Crippen molar-refractivity contribution in [1.82, 2.24) is 14.0 Å². The molecule has 0 unspecified atom stereocenters. The average Bonchev–Trinajstić information content (AvgIpc) is 3.15. The topological polar surface area (TPSA) is 77.6 Å². The van der Waals surface area contributed by atoms with Crippen molar-refractivity contribution < 1.29 is 9.53 Å². The van der Waals surface area contributed by atoms with E-state index >= 15 is 0 Å². The number of imidazole rings is 1. The lowest BCUT2D eigenvalue weighted by molar-refractivity contribution is -0.114. The van der Waals surface area contributed by atoms with E-state index in [4.69, 9.17) is 16.3 Å². The van der Waals surface area contributed by atoms with Crippen molar-refractivity contribution in [1.29, 1.82) is 0 Å². The molecule has 8 heteroatoms. The van der Waals surface area contributed by atoms with Gasteiger partial charge in [0.05, 0.1) is 5.69 Å². The standard InChI is InChI=1S/C22H19ClN4O3/c1-14(28)24-20-6-4-3-5-18(20)19-12-26(2)22(29)27-11-16(25-21(19)27)13-30-17-9-7-15(23)8-10-17/h3-12H,13H2,1-2H3,(H,24,28). The van der Waals surface area contributed by atoms with Gasteiger partial charge in [0.2, 0.25) is 5.91 Å². The van der Waals surface area contributed by atoms with Gasteiger partial charge in [-0.15, -0.1) is 0 Å². The largest absolute Gasteiger partial charge is 0.487 e. The van der Waals surface area contributed by atoms with Crippen LogP contribution in [-0.2, 0) is 18.4 Å². The van der Waals surface area contributed by atoms with Crippen molar-refractivity contribution in [2.75, 3.05) is 5.32 Å². The maximum Gasteiger partial charge on any atom is 0.333 e. The smallest absolute Gasteiger partial charge is 0.333 e. The van der Waals surface area contributed by atoms with Crippen molar-refractivity contribution in [3.63, 3.8) is 0 Å². The summed E-state index contributed by atoms with van der Waals surface area (Å²) in [5, 5.41) is 3.46. The third-order valence-electron chi connectivity index (χ3n) is 4.56. The fourth-order valence-electron chi connectivity index (χ4n) is 3.21. The summed E-state index contributed by atoms with van der Waals surface area (Å²) in [4.78, 5) is 28.9. The van der Waals surface area contributed by atoms with Gasteiger partial charge in [0.25, 0.3) is 0 Å². The molecule has 0 bridgehead atoms. The molecule has 0 fully saturated rings. The van der Waals surface area contributed by atoms with E-state index in [1.165, 1.54) is 15.9 Å². The number of para-hydroxylation sites is 1. The van der Waals surface area contributed by atoms with Gasteiger partial charge in [0.1, 0.15) is 12.4 Å². The molecule has 0 spiro atoms. The van der Waals surface area contributed by atoms with Gasteiger partial charge in [0.15, 0.2) is 5.65 Å². The SMILES string of the molecule is CC(=O)Nc1ccccc1-c1cn(C)c(=O)n2cc(COc3ccc(Cl)cc3)nc12. The monoisotopic (exact) mass is 422 g/mol. The van der Waals surface area contributed by atoms with Crippen molar-refractivity contribution in [3.8, 4) is 16.9 Å². The van der Waals surface area contributed by atoms with Gasteiger partial charge in [-0.25, -0.2) is 9.78 Å². The second kappa shape index (κ2) is 8.04. The number of aromatic nitrogens is 3. The summed E-state index contributed by atoms with van der Waals surface area (Å²) in [6, 6.07) is 14.4. The van der Waals surface area contributed by atoms with Crippen LogP contribution < -0.4 is 15.7 Å². The highest BCUT2D eigenvalue weighted by atomic mass is 35.5. The molecule has 0 aliphatic rings. The molecule has 1 N–H and O–H groups in total. The van der Waals surface area contributed by atoms with Crippen LogP contribution in [0.25, 0.3) is 16.8 Å². The molecule has 0 saturated heterocycles. The maximum atomic E-state index is 12.7. The summed E-state index contributed by atoms with van der Waals surface area (Å²) >= 11 is 5.90. The first-order valence-corrected chi connectivity index (χ1v) is 9.63. The number of aryl methyl sites for hydroxylation is 1. The van der Waals surface area contributed by atoms with Crippen LogP contribution >= 0.6 is 11.6 Å². The third-order valence-corrected chi connectivity index (χ3v) is 4.81. The van der Waals surface area contributed by atoms with E-state index in [9.17, 15) is 9.59 Å². The summed E-state index contributed by atoms with van der Waals surface area (Å²) < 4.78 is 8.74. The van der Waals surface area contributed by atoms with Crippen molar-refractivity contribution >= 4 is 28.8 Å². The van der Waals surface area contributed by atoms with Crippen molar-refractivity contribution in [2.45, 2.75) is 13.5 Å². The highest BCUT2D eigenvalue weighted by Crippen LogP contribution is 2.30. The summed E-state index contributed by atoms with van der Waals surface area (Å²) in [7, 11) is 1.68. The minimum Gasteiger partial charge on any atom is -0.487 e. The second-order valence-electron chi connectivity index (χ2n) is 6.83. The Morgan fingerprint density at radius 3 is 2.57 bits per heavy atom. The molecule has 0 aliphatic carbocycles. The van der Waals surface area contributed by atoms with Crippen LogP contribution in [0, 0.1) is 0 Å². The van der Waals surface area contributed by atoms with Gasteiger partial charge in [-0.1, -0.05) is 29.8 Å². The minimum absolute atomic E-state index is 0.177. The molecular formula is C22H19ClN4O3. The first-order chi connectivity index (χ1) is 14.4. The molecular weight excluding hydrogens is 404 g/mol. The lowest BCUT2D eigenvalue weighted by Crippen LogP contribution is -2.23. The van der Waals surface area contributed by atoms with Crippen LogP contribution in [0.15, 0.2) is 65.7 Å². The number of anilines is 1. The number of hydrogen-bond donors (Lipinski definition) is 1. The van der Waals surface area contributed by atoms with Crippen molar-refractivity contribution in [2.24, 2.45) is 7.05 Å². The first kappa shape index (κ1) is 19.7. The predicted octanol–water partition coefficient (Wildman–Crippen LogP) is 3.89. The van der Waals surface area contributed by atoms with Crippen LogP contribution in [0.2, 0.25) is 5.02 Å². The number of amides is 1. The van der Waals surface area contributed by atoms with E-state index in [1.807, 2.05) is 24.3 Å². The van der Waals surface area contributed by atoms with Crippen LogP contribution in [0.1, 0.15) is 12.6 Å². The van der Waals surface area contributed by atoms with Gasteiger partial charge >= 0.3 is 5.69 Å². The fourth-order valence-corrected chi connectivity index (χ4v) is 3.33. The summed E-state index contributed by atoms with van der Waals surface area (Å²) in [6.45, 7) is 1.65. The number of carbonyl (C=O) groups excluding carboxylic acids is 1. The van der Waals surface area contributed by atoms with E-state index in [2.05, 4.69) is 10.3 Å². The van der Waals surface area contributed by atoms with E-state index in [0.29, 0.717) is 27.8 Å². The Balaban J connectivity index is 1.77. The Hall–Kier alpha value is -3.58. The number of benzene rings is 2. The molecule has 0 aliphatic heterocycles. The van der Waals surface area contributed by atoms with Crippen LogP contribution in [-0.4, -0.2) is 19.9 Å². The summed E-state index contributed by atoms with van der Waals surface area (Å²) in [5.41, 5.74) is 3.00. The van der Waals surface area contributed by atoms with Crippen molar-refractivity contribution in [3.05, 3.63) is 82.1 Å². The Labute approximate surface area is 177 Å². The molecule has 7 nitrogen and oxygen atoms in total. The van der Waals surface area contributed by atoms with E-state index in [0.717, 1.165) is 11.1 Å². The van der Waals surface area contributed by atoms with Gasteiger partial charge in [-0.2, -0.15) is 0 Å². The van der Waals surface area contributed by atoms with Crippen LogP contribution in [0.4, 0.5) is 5.69 Å². The van der Waals surface area contributed by atoms with Gasteiger partial charge in [-0.05, 0) is 30.3 Å². The molecule has 30 heavy (non-hydrogen) atoms. The quantitative estimate of drug-likeness (QED) is 0.529. The fraction of sp³-hybridized carbons (Fsp3) is 0.136. The second-order valence-corrected chi connectivity index (χ2v) is 7.27. The molecule has 1 amide bonds. The molecule has 2 aromatic carbocycles. The molecule has 2 aromatic heterocycles. The summed E-state index contributed by atoms with van der Waals surface area (Å²) in [6.07, 6.45) is 3.38. The highest BCUT2D eigenvalue weighted by molar-refractivity contribution is 6.30. The van der Waals surface area contributed by atoms with E-state index in [-0.39, 0.29) is 18.2 Å². The van der Waals surface area contributed by atoms with Gasteiger partial charge < -0.3 is 14.6 Å². The normalized spacial score (nSPS) is 10.9. The summed E-state index contributed by atoms with van der Waals surface area (Å²) in [5.74, 6) is 0.476. The third kappa shape index (κ3) is 3.92. The number of halogens is 1. The number of nitrogens with zero attached hydrogens (tertiary/aromatic N) is 3. The zero-order chi connectivity index (χ0) is 21.3. The Morgan fingerprint density at radius 2 is 1.83 bits per heavy atom. The molecule has 0 radical (unpaired) electrons. The van der Waals surface area contributed by atoms with E-state index < -0.39 is 0 Å². The lowest BCUT2D eigenvalue weighted by atomic mass is 10.1. The van der Waals surface area contributed by atoms with Gasteiger partial charge in [0, 0.05) is 48.2 Å². The Kier molecular flexibility index (Phi) is 5.29. The number of rotatable bonds is 5. The predicted molar refractivity (Wildman–Crippen MR) is 116 cm³/mol. The molecule has 4 aromatic rings. The van der Waals surface area contributed by atoms with Gasteiger partial charge in [-0.3, -0.25) is 9.20 Å². The Morgan fingerprint density at radius 1 is 1.10 bits per heavy atom. The number of fused-ring (bicyclic) bond motifs is 1. The molecule has 152 valence electrons. The maximum absolute atomic E-state index is 12.7. The highest BCUT2D eigenvalue weighted by Gasteiger charge is 2.16. The molecule has 0 atom stereocenters. The van der Waals surface area contributed by atoms with E-state index in [1.54, 1.807) is 43.7 Å². The molecule has 0 saturated carbocycles. The molecule has 2 heterocycles. The number of ether oxygens (including phenoxy) is 1. The zero-order valence-corrected chi connectivity index (χ0v) is 17.2.